The first kappa shape index (κ1) is 20.5. The zero-order chi connectivity index (χ0) is 20.2. The molecule has 0 aliphatic carbocycles. The Bertz CT molecular complexity index is 948. The van der Waals surface area contributed by atoms with E-state index in [2.05, 4.69) is 5.32 Å². The minimum absolute atomic E-state index is 0.119. The highest BCUT2D eigenvalue weighted by Crippen LogP contribution is 2.21. The molecule has 0 radical (unpaired) electrons. The summed E-state index contributed by atoms with van der Waals surface area (Å²) < 4.78 is 35.5. The van der Waals surface area contributed by atoms with Gasteiger partial charge in [-0.25, -0.2) is 17.5 Å². The lowest BCUT2D eigenvalue weighted by Crippen LogP contribution is -2.23. The maximum atomic E-state index is 12.4. The van der Waals surface area contributed by atoms with Crippen LogP contribution in [0.1, 0.15) is 21.7 Å². The van der Waals surface area contributed by atoms with Crippen LogP contribution in [0, 0.1) is 6.92 Å². The SMILES string of the molecule is Cc1oc(S(=O)(=O)N(C)C)cc1C(=O)NCc1cccc(OCC(=O)O)c1. The Kier molecular flexibility index (Phi) is 6.24. The van der Waals surface area contributed by atoms with Gasteiger partial charge in [0.15, 0.2) is 6.61 Å². The molecule has 0 aliphatic rings. The van der Waals surface area contributed by atoms with E-state index in [1.54, 1.807) is 24.3 Å². The van der Waals surface area contributed by atoms with Gasteiger partial charge in [0.05, 0.1) is 5.56 Å². The first-order valence-corrected chi connectivity index (χ1v) is 9.30. The van der Waals surface area contributed by atoms with Crippen LogP contribution < -0.4 is 10.1 Å². The molecule has 27 heavy (non-hydrogen) atoms. The Hall–Kier alpha value is -2.85. The second kappa shape index (κ2) is 8.23. The summed E-state index contributed by atoms with van der Waals surface area (Å²) in [6.45, 7) is 1.18. The van der Waals surface area contributed by atoms with Gasteiger partial charge in [-0.3, -0.25) is 4.79 Å². The fraction of sp³-hybridized carbons (Fsp3) is 0.294. The van der Waals surface area contributed by atoms with Crippen LogP contribution in [0.5, 0.6) is 5.75 Å². The molecule has 1 aromatic heterocycles. The quantitative estimate of drug-likeness (QED) is 0.687. The van der Waals surface area contributed by atoms with E-state index in [0.29, 0.717) is 11.3 Å². The van der Waals surface area contributed by atoms with E-state index < -0.39 is 28.5 Å². The zero-order valence-electron chi connectivity index (χ0n) is 15.1. The van der Waals surface area contributed by atoms with Gasteiger partial charge in [0.25, 0.3) is 15.9 Å². The lowest BCUT2D eigenvalue weighted by Gasteiger charge is -2.07. The van der Waals surface area contributed by atoms with Gasteiger partial charge in [0.1, 0.15) is 11.5 Å². The lowest BCUT2D eigenvalue weighted by molar-refractivity contribution is -0.139. The monoisotopic (exact) mass is 396 g/mol. The molecular weight excluding hydrogens is 376 g/mol. The number of nitrogens with zero attached hydrogens (tertiary/aromatic N) is 1. The zero-order valence-corrected chi connectivity index (χ0v) is 15.9. The van der Waals surface area contributed by atoms with Crippen molar-refractivity contribution in [1.82, 2.24) is 9.62 Å². The first-order chi connectivity index (χ1) is 12.6. The number of amides is 1. The molecule has 9 nitrogen and oxygen atoms in total. The van der Waals surface area contributed by atoms with E-state index in [1.807, 2.05) is 0 Å². The number of benzene rings is 1. The van der Waals surface area contributed by atoms with Crippen molar-refractivity contribution in [2.24, 2.45) is 0 Å². The Morgan fingerprint density at radius 1 is 1.26 bits per heavy atom. The highest BCUT2D eigenvalue weighted by atomic mass is 32.2. The smallest absolute Gasteiger partial charge is 0.341 e. The Morgan fingerprint density at radius 2 is 1.96 bits per heavy atom. The third kappa shape index (κ3) is 5.08. The second-order valence-corrected chi connectivity index (χ2v) is 7.92. The number of hydrogen-bond acceptors (Lipinski definition) is 6. The molecule has 0 atom stereocenters. The van der Waals surface area contributed by atoms with Crippen LogP contribution >= 0.6 is 0 Å². The van der Waals surface area contributed by atoms with Crippen LogP contribution in [-0.2, 0) is 21.4 Å². The van der Waals surface area contributed by atoms with Crippen LogP contribution in [0.15, 0.2) is 39.8 Å². The molecule has 1 amide bonds. The molecule has 2 rings (SSSR count). The van der Waals surface area contributed by atoms with E-state index in [-0.39, 0.29) is 23.0 Å². The number of carboxylic acid groups (broad SMARTS) is 1. The lowest BCUT2D eigenvalue weighted by atomic mass is 10.2. The average molecular weight is 396 g/mol. The van der Waals surface area contributed by atoms with Crippen molar-refractivity contribution >= 4 is 21.9 Å². The van der Waals surface area contributed by atoms with Crippen LogP contribution in [0.4, 0.5) is 0 Å². The first-order valence-electron chi connectivity index (χ1n) is 7.86. The Labute approximate surface area is 156 Å². The van der Waals surface area contributed by atoms with Crippen molar-refractivity contribution in [3.05, 3.63) is 47.2 Å². The van der Waals surface area contributed by atoms with Gasteiger partial charge >= 0.3 is 5.97 Å². The van der Waals surface area contributed by atoms with Crippen molar-refractivity contribution in [2.45, 2.75) is 18.6 Å². The van der Waals surface area contributed by atoms with Gasteiger partial charge in [-0.05, 0) is 24.6 Å². The molecule has 1 aromatic carbocycles. The van der Waals surface area contributed by atoms with Gasteiger partial charge in [-0.15, -0.1) is 0 Å². The van der Waals surface area contributed by atoms with Gasteiger partial charge in [-0.2, -0.15) is 0 Å². The number of aliphatic carboxylic acids is 1. The van der Waals surface area contributed by atoms with Crippen LogP contribution in [0.25, 0.3) is 0 Å². The molecule has 2 aromatic rings. The average Bonchev–Trinajstić information content (AvgIpc) is 3.00. The molecule has 1 heterocycles. The molecule has 0 fully saturated rings. The van der Waals surface area contributed by atoms with Gasteiger partial charge in [0.2, 0.25) is 5.09 Å². The largest absolute Gasteiger partial charge is 0.482 e. The molecular formula is C17H20N2O7S. The summed E-state index contributed by atoms with van der Waals surface area (Å²) in [4.78, 5) is 22.9. The molecule has 0 saturated carbocycles. The molecule has 0 spiro atoms. The molecule has 146 valence electrons. The van der Waals surface area contributed by atoms with Crippen LogP contribution in [0.3, 0.4) is 0 Å². The number of aryl methyl sites for hydroxylation is 1. The molecule has 0 unspecified atom stereocenters. The summed E-state index contributed by atoms with van der Waals surface area (Å²) in [5.41, 5.74) is 0.808. The van der Waals surface area contributed by atoms with E-state index >= 15 is 0 Å². The van der Waals surface area contributed by atoms with Crippen molar-refractivity contribution in [3.63, 3.8) is 0 Å². The third-order valence-corrected chi connectivity index (χ3v) is 5.26. The number of carbonyl (C=O) groups is 2. The van der Waals surface area contributed by atoms with Crippen LogP contribution in [-0.4, -0.2) is 50.4 Å². The Balaban J connectivity index is 2.07. The van der Waals surface area contributed by atoms with Crippen molar-refractivity contribution in [3.8, 4) is 5.75 Å². The summed E-state index contributed by atoms with van der Waals surface area (Å²) in [7, 11) is -1.04. The standard InChI is InChI=1S/C17H20N2O7S/c1-11-14(8-16(26-11)27(23,24)19(2)3)17(22)18-9-12-5-4-6-13(7-12)25-10-15(20)21/h4-8H,9-10H2,1-3H3,(H,18,22)(H,20,21). The minimum Gasteiger partial charge on any atom is -0.482 e. The minimum atomic E-state index is -3.78. The van der Waals surface area contributed by atoms with Crippen molar-refractivity contribution in [2.75, 3.05) is 20.7 Å². The maximum Gasteiger partial charge on any atom is 0.341 e. The predicted octanol–water partition coefficient (Wildman–Crippen LogP) is 1.23. The third-order valence-electron chi connectivity index (χ3n) is 3.59. The van der Waals surface area contributed by atoms with Crippen LogP contribution in [0.2, 0.25) is 0 Å². The maximum absolute atomic E-state index is 12.4. The molecule has 0 aliphatic heterocycles. The number of furan rings is 1. The van der Waals surface area contributed by atoms with E-state index in [4.69, 9.17) is 14.3 Å². The number of rotatable bonds is 8. The van der Waals surface area contributed by atoms with Crippen molar-refractivity contribution < 1.29 is 32.3 Å². The number of carboxylic acids is 1. The summed E-state index contributed by atoms with van der Waals surface area (Å²) in [6, 6.07) is 7.80. The van der Waals surface area contributed by atoms with Gasteiger partial charge < -0.3 is 19.6 Å². The van der Waals surface area contributed by atoms with Crippen molar-refractivity contribution in [1.29, 1.82) is 0 Å². The van der Waals surface area contributed by atoms with Gasteiger partial charge in [0, 0.05) is 26.7 Å². The molecule has 0 saturated heterocycles. The molecule has 10 heteroatoms. The number of nitrogens with one attached hydrogen (secondary N) is 1. The summed E-state index contributed by atoms with van der Waals surface area (Å²) >= 11 is 0. The van der Waals surface area contributed by atoms with E-state index in [1.165, 1.54) is 27.1 Å². The Morgan fingerprint density at radius 3 is 2.59 bits per heavy atom. The van der Waals surface area contributed by atoms with E-state index in [0.717, 1.165) is 4.31 Å². The summed E-state index contributed by atoms with van der Waals surface area (Å²) in [6.07, 6.45) is 0. The number of carbonyl (C=O) groups excluding carboxylic acids is 1. The number of ether oxygens (including phenoxy) is 1. The second-order valence-electron chi connectivity index (χ2n) is 5.84. The molecule has 0 bridgehead atoms. The summed E-state index contributed by atoms with van der Waals surface area (Å²) in [5, 5.41) is 11.0. The topological polar surface area (TPSA) is 126 Å². The fourth-order valence-electron chi connectivity index (χ4n) is 2.16. The molecule has 2 N–H and O–H groups in total. The number of hydrogen-bond donors (Lipinski definition) is 2. The number of sulfonamides is 1. The predicted molar refractivity (Wildman–Crippen MR) is 95.1 cm³/mol. The van der Waals surface area contributed by atoms with Gasteiger partial charge in [-0.1, -0.05) is 12.1 Å². The normalized spacial score (nSPS) is 11.4. The highest BCUT2D eigenvalue weighted by molar-refractivity contribution is 7.88. The summed E-state index contributed by atoms with van der Waals surface area (Å²) in [5.74, 6) is -1.03. The fourth-order valence-corrected chi connectivity index (χ4v) is 3.01. The highest BCUT2D eigenvalue weighted by Gasteiger charge is 2.25. The van der Waals surface area contributed by atoms with E-state index in [9.17, 15) is 18.0 Å².